The zero-order valence-corrected chi connectivity index (χ0v) is 14.9. The first-order valence-electron chi connectivity index (χ1n) is 9.81. The lowest BCUT2D eigenvalue weighted by Crippen LogP contribution is -2.58. The second kappa shape index (κ2) is 5.19. The van der Waals surface area contributed by atoms with E-state index in [4.69, 9.17) is 0 Å². The number of hydrogen-bond donors (Lipinski definition) is 3. The third-order valence-corrected chi connectivity index (χ3v) is 8.93. The highest BCUT2D eigenvalue weighted by Gasteiger charge is 2.63. The average molecular weight is 322 g/mol. The number of fused-ring (bicyclic) bond motifs is 5. The first kappa shape index (κ1) is 16.4. The van der Waals surface area contributed by atoms with Gasteiger partial charge in [0.25, 0.3) is 0 Å². The van der Waals surface area contributed by atoms with Crippen LogP contribution in [-0.4, -0.2) is 33.6 Å². The average Bonchev–Trinajstić information content (AvgIpc) is 2.73. The summed E-state index contributed by atoms with van der Waals surface area (Å²) in [5, 5.41) is 31.9. The summed E-state index contributed by atoms with van der Waals surface area (Å²) in [4.78, 5) is 0. The largest absolute Gasteiger partial charge is 0.393 e. The SMILES string of the molecule is C[C@H]1CC2C3C(CC[C@]2(C)[C@H]1O)[C@@]1(C)CC[C@H](O)C[C@H]1C[C@H]3O. The van der Waals surface area contributed by atoms with Crippen LogP contribution in [0.1, 0.15) is 65.7 Å². The zero-order valence-electron chi connectivity index (χ0n) is 14.9. The number of rotatable bonds is 0. The van der Waals surface area contributed by atoms with E-state index in [1.807, 2.05) is 0 Å². The van der Waals surface area contributed by atoms with Crippen molar-refractivity contribution in [3.63, 3.8) is 0 Å². The van der Waals surface area contributed by atoms with Crippen molar-refractivity contribution in [3.05, 3.63) is 0 Å². The molecule has 3 heteroatoms. The van der Waals surface area contributed by atoms with Crippen LogP contribution in [-0.2, 0) is 0 Å². The Kier molecular flexibility index (Phi) is 3.69. The molecule has 23 heavy (non-hydrogen) atoms. The van der Waals surface area contributed by atoms with Gasteiger partial charge in [-0.3, -0.25) is 0 Å². The number of aliphatic hydroxyl groups is 3. The van der Waals surface area contributed by atoms with E-state index >= 15 is 0 Å². The molecule has 4 aliphatic rings. The molecule has 0 saturated heterocycles. The molecule has 4 fully saturated rings. The predicted molar refractivity (Wildman–Crippen MR) is 89.7 cm³/mol. The first-order valence-corrected chi connectivity index (χ1v) is 9.81. The summed E-state index contributed by atoms with van der Waals surface area (Å²) in [6, 6.07) is 0. The highest BCUT2D eigenvalue weighted by Crippen LogP contribution is 2.66. The van der Waals surface area contributed by atoms with Crippen molar-refractivity contribution < 1.29 is 15.3 Å². The van der Waals surface area contributed by atoms with Crippen LogP contribution in [0.3, 0.4) is 0 Å². The molecule has 0 amide bonds. The normalized spacial score (nSPS) is 62.3. The van der Waals surface area contributed by atoms with E-state index in [9.17, 15) is 15.3 Å². The van der Waals surface area contributed by atoms with Crippen LogP contribution in [0.2, 0.25) is 0 Å². The second-order valence-corrected chi connectivity index (χ2v) is 9.93. The molecule has 0 aromatic carbocycles. The molecule has 4 rings (SSSR count). The van der Waals surface area contributed by atoms with Gasteiger partial charge < -0.3 is 15.3 Å². The fourth-order valence-electron chi connectivity index (χ4n) is 7.54. The van der Waals surface area contributed by atoms with Crippen molar-refractivity contribution in [3.8, 4) is 0 Å². The summed E-state index contributed by atoms with van der Waals surface area (Å²) in [6.45, 7) is 6.89. The predicted octanol–water partition coefficient (Wildman–Crippen LogP) is 2.97. The van der Waals surface area contributed by atoms with Crippen molar-refractivity contribution in [2.75, 3.05) is 0 Å². The van der Waals surface area contributed by atoms with Crippen LogP contribution in [0.15, 0.2) is 0 Å². The Labute approximate surface area is 140 Å². The lowest BCUT2D eigenvalue weighted by molar-refractivity contribution is -0.177. The molecule has 0 radical (unpaired) electrons. The van der Waals surface area contributed by atoms with Crippen LogP contribution < -0.4 is 0 Å². The zero-order chi connectivity index (χ0) is 16.6. The standard InChI is InChI=1S/C20H34O3/c1-11-8-15-17-14(5-7-20(15,3)18(11)23)19(2)6-4-13(21)9-12(19)10-16(17)22/h11-18,21-23H,4-10H2,1-3H3/t11-,12-,13-,14?,15?,16+,17?,18-,19-,20-/m0/s1. The first-order chi connectivity index (χ1) is 10.8. The van der Waals surface area contributed by atoms with E-state index in [-0.39, 0.29) is 29.1 Å². The van der Waals surface area contributed by atoms with E-state index in [0.717, 1.165) is 44.9 Å². The molecule has 0 heterocycles. The van der Waals surface area contributed by atoms with Crippen molar-refractivity contribution in [2.45, 2.75) is 84.0 Å². The third-order valence-electron chi connectivity index (χ3n) is 8.93. The Morgan fingerprint density at radius 1 is 0.826 bits per heavy atom. The molecule has 0 aliphatic heterocycles. The number of aliphatic hydroxyl groups excluding tert-OH is 3. The maximum atomic E-state index is 11.0. The quantitative estimate of drug-likeness (QED) is 0.642. The van der Waals surface area contributed by atoms with Gasteiger partial charge in [-0.1, -0.05) is 20.8 Å². The molecule has 4 saturated carbocycles. The highest BCUT2D eigenvalue weighted by molar-refractivity contribution is 5.12. The van der Waals surface area contributed by atoms with Gasteiger partial charge in [0, 0.05) is 0 Å². The molecule has 0 aromatic rings. The summed E-state index contributed by atoms with van der Waals surface area (Å²) < 4.78 is 0. The monoisotopic (exact) mass is 322 g/mol. The van der Waals surface area contributed by atoms with Crippen molar-refractivity contribution in [1.29, 1.82) is 0 Å². The molecule has 0 aromatic heterocycles. The van der Waals surface area contributed by atoms with Crippen LogP contribution in [0.5, 0.6) is 0 Å². The summed E-state index contributed by atoms with van der Waals surface area (Å²) in [5.41, 5.74) is 0.278. The maximum Gasteiger partial charge on any atom is 0.0622 e. The maximum absolute atomic E-state index is 11.0. The molecule has 10 atom stereocenters. The minimum atomic E-state index is -0.245. The molecule has 4 aliphatic carbocycles. The lowest BCUT2D eigenvalue weighted by Gasteiger charge is -2.61. The van der Waals surface area contributed by atoms with Gasteiger partial charge in [-0.05, 0) is 85.4 Å². The minimum absolute atomic E-state index is 0.00105. The lowest BCUT2D eigenvalue weighted by atomic mass is 9.44. The van der Waals surface area contributed by atoms with Gasteiger partial charge >= 0.3 is 0 Å². The Morgan fingerprint density at radius 3 is 2.26 bits per heavy atom. The van der Waals surface area contributed by atoms with Crippen molar-refractivity contribution >= 4 is 0 Å². The van der Waals surface area contributed by atoms with Crippen LogP contribution in [0.25, 0.3) is 0 Å². The molecule has 132 valence electrons. The van der Waals surface area contributed by atoms with Gasteiger partial charge in [-0.15, -0.1) is 0 Å². The summed E-state index contributed by atoms with van der Waals surface area (Å²) in [5.74, 6) is 2.21. The third kappa shape index (κ3) is 2.12. The number of hydrogen-bond acceptors (Lipinski definition) is 3. The van der Waals surface area contributed by atoms with E-state index in [1.165, 1.54) is 0 Å². The summed E-state index contributed by atoms with van der Waals surface area (Å²) in [7, 11) is 0. The molecule has 0 spiro atoms. The van der Waals surface area contributed by atoms with E-state index < -0.39 is 0 Å². The smallest absolute Gasteiger partial charge is 0.0622 e. The van der Waals surface area contributed by atoms with Gasteiger partial charge in [0.2, 0.25) is 0 Å². The van der Waals surface area contributed by atoms with Crippen LogP contribution >= 0.6 is 0 Å². The summed E-state index contributed by atoms with van der Waals surface area (Å²) >= 11 is 0. The van der Waals surface area contributed by atoms with Crippen LogP contribution in [0, 0.1) is 40.4 Å². The fourth-order valence-corrected chi connectivity index (χ4v) is 7.54. The van der Waals surface area contributed by atoms with E-state index in [2.05, 4.69) is 20.8 Å². The van der Waals surface area contributed by atoms with Gasteiger partial charge in [-0.2, -0.15) is 0 Å². The Balaban J connectivity index is 1.68. The van der Waals surface area contributed by atoms with Gasteiger partial charge in [0.1, 0.15) is 0 Å². The molecular weight excluding hydrogens is 288 g/mol. The Bertz CT molecular complexity index is 480. The molecule has 0 bridgehead atoms. The Morgan fingerprint density at radius 2 is 1.52 bits per heavy atom. The topological polar surface area (TPSA) is 60.7 Å². The van der Waals surface area contributed by atoms with Crippen molar-refractivity contribution in [1.82, 2.24) is 0 Å². The van der Waals surface area contributed by atoms with E-state index in [0.29, 0.717) is 29.6 Å². The van der Waals surface area contributed by atoms with Gasteiger partial charge in [0.15, 0.2) is 0 Å². The molecular formula is C20H34O3. The fraction of sp³-hybridized carbons (Fsp3) is 1.00. The highest BCUT2D eigenvalue weighted by atomic mass is 16.3. The van der Waals surface area contributed by atoms with Gasteiger partial charge in [0.05, 0.1) is 18.3 Å². The molecule has 3 nitrogen and oxygen atoms in total. The van der Waals surface area contributed by atoms with Crippen molar-refractivity contribution in [2.24, 2.45) is 40.4 Å². The minimum Gasteiger partial charge on any atom is -0.393 e. The molecule has 3 N–H and O–H groups in total. The molecule has 3 unspecified atom stereocenters. The Hall–Kier alpha value is -0.120. The van der Waals surface area contributed by atoms with Crippen LogP contribution in [0.4, 0.5) is 0 Å². The van der Waals surface area contributed by atoms with E-state index in [1.54, 1.807) is 0 Å². The summed E-state index contributed by atoms with van der Waals surface area (Å²) in [6.07, 6.45) is 6.44. The van der Waals surface area contributed by atoms with Gasteiger partial charge in [-0.25, -0.2) is 0 Å². The second-order valence-electron chi connectivity index (χ2n) is 9.93.